The summed E-state index contributed by atoms with van der Waals surface area (Å²) in [5.74, 6) is 0. The van der Waals surface area contributed by atoms with Gasteiger partial charge in [-0.3, -0.25) is 0 Å². The van der Waals surface area contributed by atoms with Crippen molar-refractivity contribution in [3.8, 4) is 77.9 Å². The summed E-state index contributed by atoms with van der Waals surface area (Å²) >= 11 is 0. The van der Waals surface area contributed by atoms with Crippen molar-refractivity contribution in [1.29, 1.82) is 0 Å². The molecule has 0 nitrogen and oxygen atoms in total. The molecule has 10 aromatic rings. The highest BCUT2D eigenvalue weighted by molar-refractivity contribution is 6.01. The lowest BCUT2D eigenvalue weighted by molar-refractivity contribution is 0.649. The van der Waals surface area contributed by atoms with E-state index in [1.807, 2.05) is 0 Å². The van der Waals surface area contributed by atoms with Gasteiger partial charge in [0, 0.05) is 16.2 Å². The Morgan fingerprint density at radius 1 is 0.200 bits per heavy atom. The third-order valence-electron chi connectivity index (χ3n) is 15.8. The van der Waals surface area contributed by atoms with Crippen molar-refractivity contribution in [2.75, 3.05) is 0 Å². The number of fused-ring (bicyclic) bond motifs is 11. The van der Waals surface area contributed by atoms with Crippen molar-refractivity contribution >= 4 is 21.5 Å². The summed E-state index contributed by atoms with van der Waals surface area (Å²) in [5, 5.41) is 5.16. The lowest BCUT2D eigenvalue weighted by atomic mass is 9.78. The molecule has 0 aromatic heterocycles. The molecule has 0 atom stereocenters. The molecule has 3 aliphatic rings. The van der Waals surface area contributed by atoms with Gasteiger partial charge in [0.2, 0.25) is 0 Å². The Morgan fingerprint density at radius 3 is 0.815 bits per heavy atom. The van der Waals surface area contributed by atoms with Gasteiger partial charge in [-0.1, -0.05) is 175 Å². The lowest BCUT2D eigenvalue weighted by Gasteiger charge is -2.25. The third-order valence-corrected chi connectivity index (χ3v) is 15.8. The fourth-order valence-corrected chi connectivity index (χ4v) is 12.2. The number of hydrogen-bond donors (Lipinski definition) is 0. The zero-order chi connectivity index (χ0) is 44.0. The van der Waals surface area contributed by atoms with Crippen molar-refractivity contribution in [3.63, 3.8) is 0 Å². The molecule has 0 aliphatic heterocycles. The first-order chi connectivity index (χ1) is 31.5. The van der Waals surface area contributed by atoms with Gasteiger partial charge in [-0.25, -0.2) is 0 Å². The van der Waals surface area contributed by atoms with E-state index >= 15 is 0 Å². The molecule has 0 saturated carbocycles. The molecule has 0 fully saturated rings. The van der Waals surface area contributed by atoms with E-state index < -0.39 is 0 Å². The molecule has 13 rings (SSSR count). The van der Waals surface area contributed by atoms with Crippen LogP contribution in [-0.2, 0) is 16.2 Å². The van der Waals surface area contributed by atoms with E-state index in [1.54, 1.807) is 0 Å². The van der Waals surface area contributed by atoms with Crippen molar-refractivity contribution in [3.05, 3.63) is 228 Å². The van der Waals surface area contributed by atoms with Crippen LogP contribution in [0.1, 0.15) is 74.9 Å². The molecule has 0 saturated heterocycles. The second kappa shape index (κ2) is 13.4. The van der Waals surface area contributed by atoms with Gasteiger partial charge in [0.25, 0.3) is 0 Å². The molecule has 3 aliphatic carbocycles. The molecule has 10 aromatic carbocycles. The smallest absolute Gasteiger partial charge is 0.0159 e. The summed E-state index contributed by atoms with van der Waals surface area (Å²) < 4.78 is 0. The van der Waals surface area contributed by atoms with Gasteiger partial charge in [-0.2, -0.15) is 0 Å². The van der Waals surface area contributed by atoms with Crippen LogP contribution in [0.25, 0.3) is 99.4 Å². The van der Waals surface area contributed by atoms with Crippen LogP contribution in [0.4, 0.5) is 0 Å². The van der Waals surface area contributed by atoms with E-state index in [-0.39, 0.29) is 16.2 Å². The molecule has 0 heterocycles. The van der Waals surface area contributed by atoms with Crippen molar-refractivity contribution in [1.82, 2.24) is 0 Å². The Labute approximate surface area is 382 Å². The number of benzene rings is 10. The van der Waals surface area contributed by atoms with Crippen LogP contribution in [0.2, 0.25) is 0 Å². The first-order valence-electron chi connectivity index (χ1n) is 23.3. The maximum atomic E-state index is 2.58. The SMILES string of the molecule is CC1(C)c2cc3c(cc2-c2cc4c(cc21)-c1cc2ccc(-c5ccccc5-c5ccccc5)cc2cc1C4(C)C)C(C)(C)c1cc2cc(-c4ccccc4-c4ccccc4)ccc2cc1-3. The van der Waals surface area contributed by atoms with Crippen LogP contribution in [0.5, 0.6) is 0 Å². The predicted octanol–water partition coefficient (Wildman–Crippen LogP) is 17.6. The Balaban J connectivity index is 0.893. The van der Waals surface area contributed by atoms with Gasteiger partial charge in [0.1, 0.15) is 0 Å². The van der Waals surface area contributed by atoms with Gasteiger partial charge in [-0.15, -0.1) is 0 Å². The van der Waals surface area contributed by atoms with Gasteiger partial charge in [-0.05, 0) is 193 Å². The molecule has 0 amide bonds. The first kappa shape index (κ1) is 38.2. The van der Waals surface area contributed by atoms with E-state index in [9.17, 15) is 0 Å². The monoisotopic (exact) mass is 830 g/mol. The largest absolute Gasteiger partial charge is 0.0622 e. The molecule has 310 valence electrons. The third kappa shape index (κ3) is 5.44. The zero-order valence-electron chi connectivity index (χ0n) is 38.0. The second-order valence-corrected chi connectivity index (χ2v) is 20.5. The van der Waals surface area contributed by atoms with Crippen LogP contribution in [-0.4, -0.2) is 0 Å². The zero-order valence-corrected chi connectivity index (χ0v) is 38.0. The fourth-order valence-electron chi connectivity index (χ4n) is 12.2. The Morgan fingerprint density at radius 2 is 0.477 bits per heavy atom. The highest BCUT2D eigenvalue weighted by Crippen LogP contribution is 2.60. The molecule has 0 unspecified atom stereocenters. The highest BCUT2D eigenvalue weighted by Gasteiger charge is 2.44. The predicted molar refractivity (Wildman–Crippen MR) is 276 cm³/mol. The van der Waals surface area contributed by atoms with Crippen LogP contribution >= 0.6 is 0 Å². The number of hydrogen-bond acceptors (Lipinski definition) is 0. The van der Waals surface area contributed by atoms with Crippen LogP contribution < -0.4 is 0 Å². The summed E-state index contributed by atoms with van der Waals surface area (Å²) in [5.41, 5.74) is 26.5. The van der Waals surface area contributed by atoms with Gasteiger partial charge >= 0.3 is 0 Å². The Kier molecular flexibility index (Phi) is 7.86. The Hall–Kier alpha value is -7.28. The lowest BCUT2D eigenvalue weighted by Crippen LogP contribution is -2.17. The maximum Gasteiger partial charge on any atom is 0.0159 e. The quantitative estimate of drug-likeness (QED) is 0.166. The summed E-state index contributed by atoms with van der Waals surface area (Å²) in [6.45, 7) is 14.6. The summed E-state index contributed by atoms with van der Waals surface area (Å²) in [7, 11) is 0. The van der Waals surface area contributed by atoms with E-state index in [1.165, 1.54) is 133 Å². The van der Waals surface area contributed by atoms with E-state index in [2.05, 4.69) is 236 Å². The van der Waals surface area contributed by atoms with Crippen LogP contribution in [0, 0.1) is 0 Å². The average Bonchev–Trinajstić information content (AvgIpc) is 3.79. The Bertz CT molecular complexity index is 3410. The number of rotatable bonds is 4. The van der Waals surface area contributed by atoms with Crippen LogP contribution in [0.15, 0.2) is 194 Å². The molecular formula is C65H50. The van der Waals surface area contributed by atoms with Gasteiger partial charge in [0.05, 0.1) is 0 Å². The van der Waals surface area contributed by atoms with Crippen molar-refractivity contribution in [2.24, 2.45) is 0 Å². The fraction of sp³-hybridized carbons (Fsp3) is 0.138. The normalized spacial score (nSPS) is 15.3. The summed E-state index contributed by atoms with van der Waals surface area (Å²) in [4.78, 5) is 0. The van der Waals surface area contributed by atoms with E-state index in [0.717, 1.165) is 0 Å². The topological polar surface area (TPSA) is 0 Å². The van der Waals surface area contributed by atoms with Crippen molar-refractivity contribution < 1.29 is 0 Å². The van der Waals surface area contributed by atoms with Crippen LogP contribution in [0.3, 0.4) is 0 Å². The standard InChI is InChI=1S/C65H50/c1-63(2)57-33-45-29-43(49-23-15-13-21-47(49)39-17-9-7-10-18-39)27-25-41(45)31-51(57)53-35-61-55(37-59(53)63)56-38-60-54(36-62(56)65(61,5)6)52-32-42-26-28-44(30-46(42)34-58(52)64(60,3)4)50-24-16-14-22-48(50)40-19-11-8-12-20-40/h7-38H,1-6H3. The minimum absolute atomic E-state index is 0.147. The molecule has 0 N–H and O–H groups in total. The second-order valence-electron chi connectivity index (χ2n) is 20.5. The van der Waals surface area contributed by atoms with Gasteiger partial charge < -0.3 is 0 Å². The highest BCUT2D eigenvalue weighted by atomic mass is 14.5. The van der Waals surface area contributed by atoms with E-state index in [4.69, 9.17) is 0 Å². The summed E-state index contributed by atoms with van der Waals surface area (Å²) in [6.07, 6.45) is 0. The molecular weight excluding hydrogens is 781 g/mol. The van der Waals surface area contributed by atoms with Gasteiger partial charge in [0.15, 0.2) is 0 Å². The molecule has 0 radical (unpaired) electrons. The first-order valence-corrected chi connectivity index (χ1v) is 23.3. The molecule has 0 spiro atoms. The maximum absolute atomic E-state index is 2.58. The summed E-state index contributed by atoms with van der Waals surface area (Å²) in [6, 6.07) is 73.5. The molecule has 0 heteroatoms. The molecule has 65 heavy (non-hydrogen) atoms. The van der Waals surface area contributed by atoms with E-state index in [0.29, 0.717) is 0 Å². The average molecular weight is 831 g/mol. The molecule has 0 bridgehead atoms. The van der Waals surface area contributed by atoms with Crippen molar-refractivity contribution in [2.45, 2.75) is 57.8 Å². The minimum atomic E-state index is -0.149. The minimum Gasteiger partial charge on any atom is -0.0622 e.